The van der Waals surface area contributed by atoms with Crippen LogP contribution in [0.2, 0.25) is 0 Å². The van der Waals surface area contributed by atoms with E-state index in [1.165, 1.54) is 18.6 Å². The van der Waals surface area contributed by atoms with E-state index in [-0.39, 0.29) is 34.8 Å². The molecule has 1 atom stereocenters. The third-order valence-electron chi connectivity index (χ3n) is 10.4. The molecule has 3 aliphatic rings. The normalized spacial score (nSPS) is 18.1. The van der Waals surface area contributed by atoms with E-state index in [0.29, 0.717) is 61.4 Å². The number of carbonyl (C=O) groups is 2. The molecule has 1 unspecified atom stereocenters. The summed E-state index contributed by atoms with van der Waals surface area (Å²) in [5.74, 6) is 2.23. The van der Waals surface area contributed by atoms with Crippen LogP contribution in [0.5, 0.6) is 0 Å². The van der Waals surface area contributed by atoms with Gasteiger partial charge in [0.1, 0.15) is 35.4 Å². The quantitative estimate of drug-likeness (QED) is 0.204. The summed E-state index contributed by atoms with van der Waals surface area (Å²) in [6.45, 7) is 2.64. The maximum atomic E-state index is 15.3. The standard InChI is InChI=1S/C38H37FN10O4/c39-30-18-25(41-31-9-7-26(21-50)42-34(31)22-51)6-8-28(30)38(53)47-15-10-27(11-16-47)49-20-24-17-33(35(19-32(24)45-49)46-12-2-1-3-13-46)43-37(52)29-5-4-14-48-23-40-44-36(29)48/h4-6,8,14,17-20,23,27,31,41-42H,1-3,7,9-13,15-16H2,(H,43,52). The van der Waals surface area contributed by atoms with E-state index < -0.39 is 11.9 Å². The molecule has 6 heterocycles. The molecule has 2 aromatic carbocycles. The highest BCUT2D eigenvalue weighted by Crippen LogP contribution is 2.35. The van der Waals surface area contributed by atoms with Crippen molar-refractivity contribution < 1.29 is 23.6 Å². The van der Waals surface area contributed by atoms with Crippen LogP contribution in [-0.4, -0.2) is 85.2 Å². The summed E-state index contributed by atoms with van der Waals surface area (Å²) < 4.78 is 19.0. The number of nitrogens with one attached hydrogen (secondary N) is 3. The molecule has 0 saturated carbocycles. The largest absolute Gasteiger partial charge is 0.376 e. The fourth-order valence-corrected chi connectivity index (χ4v) is 7.53. The number of allylic oxidation sites excluding steroid dienone is 1. The fraction of sp³-hybridized carbons (Fsp3) is 0.342. The minimum atomic E-state index is -0.667. The van der Waals surface area contributed by atoms with Gasteiger partial charge in [0, 0.05) is 56.1 Å². The van der Waals surface area contributed by atoms with Crippen molar-refractivity contribution in [3.05, 3.63) is 89.5 Å². The minimum Gasteiger partial charge on any atom is -0.376 e. The van der Waals surface area contributed by atoms with E-state index in [4.69, 9.17) is 5.10 Å². The van der Waals surface area contributed by atoms with Gasteiger partial charge in [-0.05, 0) is 81.0 Å². The Kier molecular flexibility index (Phi) is 9.17. The summed E-state index contributed by atoms with van der Waals surface area (Å²) in [4.78, 5) is 53.3. The van der Waals surface area contributed by atoms with Crippen LogP contribution in [0.25, 0.3) is 16.6 Å². The molecule has 3 aromatic heterocycles. The van der Waals surface area contributed by atoms with Crippen molar-refractivity contribution in [2.24, 2.45) is 0 Å². The summed E-state index contributed by atoms with van der Waals surface area (Å²) >= 11 is 0. The Morgan fingerprint density at radius 1 is 0.943 bits per heavy atom. The number of hydrogen-bond acceptors (Lipinski definition) is 10. The van der Waals surface area contributed by atoms with Gasteiger partial charge in [-0.2, -0.15) is 5.10 Å². The van der Waals surface area contributed by atoms with Gasteiger partial charge in [-0.3, -0.25) is 18.7 Å². The molecule has 0 spiro atoms. The zero-order chi connectivity index (χ0) is 36.5. The Morgan fingerprint density at radius 3 is 2.55 bits per heavy atom. The first-order valence-corrected chi connectivity index (χ1v) is 17.9. The Bertz CT molecular complexity index is 2330. The molecule has 14 nitrogen and oxygen atoms in total. The summed E-state index contributed by atoms with van der Waals surface area (Å²) in [5, 5.41) is 22.9. The molecule has 0 radical (unpaired) electrons. The van der Waals surface area contributed by atoms with Gasteiger partial charge in [-0.15, -0.1) is 10.2 Å². The third-order valence-corrected chi connectivity index (χ3v) is 10.4. The van der Waals surface area contributed by atoms with Crippen molar-refractivity contribution >= 4 is 57.3 Å². The van der Waals surface area contributed by atoms with Crippen LogP contribution in [0.15, 0.2) is 72.6 Å². The maximum absolute atomic E-state index is 15.3. The third kappa shape index (κ3) is 6.75. The molecular formula is C38H37FN10O4. The van der Waals surface area contributed by atoms with Crippen molar-refractivity contribution in [2.75, 3.05) is 41.7 Å². The highest BCUT2D eigenvalue weighted by molar-refractivity contribution is 6.10. The van der Waals surface area contributed by atoms with Crippen LogP contribution in [0.3, 0.4) is 0 Å². The van der Waals surface area contributed by atoms with Crippen LogP contribution in [-0.2, 0) is 9.59 Å². The number of fused-ring (bicyclic) bond motifs is 2. The van der Waals surface area contributed by atoms with Crippen LogP contribution in [0.1, 0.15) is 71.7 Å². The SMILES string of the molecule is O=C=C1CCC(Nc2ccc(C(=O)N3CCC(n4cc5cc(NC(=O)c6cccn7cnnc67)c(N6CCCCC6)cc5n4)CC3)c(F)c2)C(=C=O)N1. The molecule has 2 amide bonds. The Morgan fingerprint density at radius 2 is 1.77 bits per heavy atom. The van der Waals surface area contributed by atoms with Gasteiger partial charge < -0.3 is 25.8 Å². The lowest BCUT2D eigenvalue weighted by Crippen LogP contribution is -2.39. The van der Waals surface area contributed by atoms with Gasteiger partial charge in [0.15, 0.2) is 5.65 Å². The number of carbonyl (C=O) groups excluding carboxylic acids is 4. The highest BCUT2D eigenvalue weighted by atomic mass is 19.1. The van der Waals surface area contributed by atoms with Gasteiger partial charge in [0.2, 0.25) is 0 Å². The molecule has 5 aromatic rings. The van der Waals surface area contributed by atoms with Crippen LogP contribution in [0, 0.1) is 5.82 Å². The van der Waals surface area contributed by atoms with E-state index >= 15 is 4.39 Å². The van der Waals surface area contributed by atoms with E-state index in [9.17, 15) is 19.2 Å². The zero-order valence-corrected chi connectivity index (χ0v) is 28.8. The van der Waals surface area contributed by atoms with Crippen LogP contribution < -0.4 is 20.9 Å². The Hall–Kier alpha value is -6.30. The second-order valence-corrected chi connectivity index (χ2v) is 13.7. The first kappa shape index (κ1) is 33.8. The molecule has 270 valence electrons. The van der Waals surface area contributed by atoms with Crippen molar-refractivity contribution in [3.8, 4) is 0 Å². The molecule has 15 heteroatoms. The molecule has 3 aliphatic heterocycles. The number of pyridine rings is 1. The molecular weight excluding hydrogens is 679 g/mol. The number of rotatable bonds is 7. The number of nitrogens with zero attached hydrogens (tertiary/aromatic N) is 7. The van der Waals surface area contributed by atoms with Gasteiger partial charge in [-0.1, -0.05) is 0 Å². The van der Waals surface area contributed by atoms with E-state index in [0.717, 1.165) is 42.5 Å². The number of benzene rings is 2. The van der Waals surface area contributed by atoms with Crippen molar-refractivity contribution in [2.45, 2.75) is 57.0 Å². The second-order valence-electron chi connectivity index (χ2n) is 13.7. The molecule has 3 saturated heterocycles. The summed E-state index contributed by atoms with van der Waals surface area (Å²) in [7, 11) is 0. The molecule has 0 bridgehead atoms. The zero-order valence-electron chi connectivity index (χ0n) is 28.8. The minimum absolute atomic E-state index is 0.0296. The molecule has 3 N–H and O–H groups in total. The lowest BCUT2D eigenvalue weighted by molar-refractivity contribution is 0.0685. The van der Waals surface area contributed by atoms with Gasteiger partial charge in [-0.25, -0.2) is 14.0 Å². The van der Waals surface area contributed by atoms with Crippen LogP contribution in [0.4, 0.5) is 21.5 Å². The number of halogens is 1. The Labute approximate surface area is 303 Å². The van der Waals surface area contributed by atoms with Crippen molar-refractivity contribution in [1.29, 1.82) is 0 Å². The summed E-state index contributed by atoms with van der Waals surface area (Å²) in [5.41, 5.74) is 4.14. The second kappa shape index (κ2) is 14.4. The van der Waals surface area contributed by atoms with Crippen molar-refractivity contribution in [1.82, 2.24) is 34.6 Å². The van der Waals surface area contributed by atoms with E-state index in [1.54, 1.807) is 51.9 Å². The lowest BCUT2D eigenvalue weighted by Gasteiger charge is -2.32. The number of aromatic nitrogens is 5. The monoisotopic (exact) mass is 716 g/mol. The molecule has 53 heavy (non-hydrogen) atoms. The smallest absolute Gasteiger partial charge is 0.259 e. The fourth-order valence-electron chi connectivity index (χ4n) is 7.53. The molecule has 8 rings (SSSR count). The van der Waals surface area contributed by atoms with Gasteiger partial charge in [0.25, 0.3) is 11.8 Å². The number of anilines is 3. The van der Waals surface area contributed by atoms with E-state index in [1.807, 2.05) is 23.0 Å². The average molecular weight is 717 g/mol. The number of hydrogen-bond donors (Lipinski definition) is 3. The number of piperidine rings is 3. The summed E-state index contributed by atoms with van der Waals surface area (Å²) in [6.07, 6.45) is 10.8. The average Bonchev–Trinajstić information content (AvgIpc) is 3.85. The lowest BCUT2D eigenvalue weighted by atomic mass is 10.0. The number of amides is 2. The molecule has 3 fully saturated rings. The molecule has 0 aliphatic carbocycles. The van der Waals surface area contributed by atoms with Crippen LogP contribution >= 0.6 is 0 Å². The highest BCUT2D eigenvalue weighted by Gasteiger charge is 2.29. The topological polar surface area (TPSA) is 159 Å². The summed E-state index contributed by atoms with van der Waals surface area (Å²) in [6, 6.07) is 11.4. The maximum Gasteiger partial charge on any atom is 0.259 e. The Balaban J connectivity index is 0.959. The predicted octanol–water partition coefficient (Wildman–Crippen LogP) is 4.53. The predicted molar refractivity (Wildman–Crippen MR) is 196 cm³/mol. The van der Waals surface area contributed by atoms with E-state index in [2.05, 4.69) is 31.0 Å². The van der Waals surface area contributed by atoms with Crippen molar-refractivity contribution in [3.63, 3.8) is 0 Å². The number of likely N-dealkylation sites (tertiary alicyclic amines) is 1. The first-order valence-electron chi connectivity index (χ1n) is 17.9. The van der Waals surface area contributed by atoms with Gasteiger partial charge >= 0.3 is 0 Å². The van der Waals surface area contributed by atoms with Gasteiger partial charge in [0.05, 0.1) is 40.1 Å². The first-order chi connectivity index (χ1) is 25.9.